The molecule has 0 radical (unpaired) electrons. The lowest BCUT2D eigenvalue weighted by Crippen LogP contribution is -2.31. The van der Waals surface area contributed by atoms with E-state index in [4.69, 9.17) is 16.3 Å². The van der Waals surface area contributed by atoms with Crippen molar-refractivity contribution in [3.63, 3.8) is 0 Å². The van der Waals surface area contributed by atoms with Crippen LogP contribution in [-0.4, -0.2) is 43.5 Å². The topological polar surface area (TPSA) is 63.7 Å². The molecule has 0 heterocycles. The van der Waals surface area contributed by atoms with Gasteiger partial charge in [0, 0.05) is 29.4 Å². The number of aldehydes is 2. The third kappa shape index (κ3) is 6.15. The number of carbonyl (C=O) groups excluding carboxylic acids is 3. The lowest BCUT2D eigenvalue weighted by Gasteiger charge is -2.24. The molecule has 0 aliphatic carbocycles. The summed E-state index contributed by atoms with van der Waals surface area (Å²) in [4.78, 5) is 37.1. The van der Waals surface area contributed by atoms with E-state index in [1.807, 2.05) is 31.2 Å². The van der Waals surface area contributed by atoms with Crippen LogP contribution in [0.1, 0.15) is 34.0 Å². The van der Waals surface area contributed by atoms with E-state index < -0.39 is 6.04 Å². The summed E-state index contributed by atoms with van der Waals surface area (Å²) in [5, 5.41) is 0.422. The van der Waals surface area contributed by atoms with E-state index in [0.717, 1.165) is 17.4 Å². The molecule has 2 aromatic rings. The number of likely N-dealkylation sites (N-methyl/N-ethyl adjacent to an activating group) is 1. The number of carbonyl (C=O) groups is 3. The summed E-state index contributed by atoms with van der Waals surface area (Å²) in [7, 11) is 3.23. The predicted octanol–water partition coefficient (Wildman–Crippen LogP) is 4.66. The molecule has 6 heteroatoms. The second-order valence-corrected chi connectivity index (χ2v) is 7.60. The van der Waals surface area contributed by atoms with Gasteiger partial charge >= 0.3 is 0 Å². The van der Waals surface area contributed by atoms with Crippen molar-refractivity contribution in [2.45, 2.75) is 26.3 Å². The quantitative estimate of drug-likeness (QED) is 0.177. The molecule has 0 saturated carbocycles. The molecule has 0 aliphatic rings. The van der Waals surface area contributed by atoms with Gasteiger partial charge in [-0.1, -0.05) is 35.9 Å². The third-order valence-corrected chi connectivity index (χ3v) is 5.30. The molecular weight excluding hydrogens is 414 g/mol. The lowest BCUT2D eigenvalue weighted by atomic mass is 9.95. The monoisotopic (exact) mass is 439 g/mol. The van der Waals surface area contributed by atoms with Gasteiger partial charge < -0.3 is 14.4 Å². The zero-order valence-corrected chi connectivity index (χ0v) is 18.8. The van der Waals surface area contributed by atoms with Gasteiger partial charge in [-0.25, -0.2) is 0 Å². The number of aryl methyl sites for hydroxylation is 1. The van der Waals surface area contributed by atoms with Crippen molar-refractivity contribution in [1.29, 1.82) is 0 Å². The molecule has 1 atom stereocenters. The maximum absolute atomic E-state index is 12.1. The molecular formula is C25H26ClNO4. The van der Waals surface area contributed by atoms with Gasteiger partial charge in [-0.2, -0.15) is 0 Å². The SMILES string of the molecule is COC(=C/N(C)C(C=O)Cc1ccccc1C)/C(=C\C=O)c1cc(Cl)ccc1C(C)=O. The standard InChI is InChI=1S/C25H26ClNO4/c1-17-7-5-6-8-19(17)13-21(16-29)27(3)15-25(31-4)23(11-12-28)24-14-20(26)9-10-22(24)18(2)30/h5-12,14-16,21H,13H2,1-4H3/b23-11-,25-15+. The third-order valence-electron chi connectivity index (χ3n) is 5.06. The molecule has 162 valence electrons. The van der Waals surface area contributed by atoms with Crippen LogP contribution in [0.3, 0.4) is 0 Å². The number of ether oxygens (including phenoxy) is 1. The predicted molar refractivity (Wildman–Crippen MR) is 123 cm³/mol. The average molecular weight is 440 g/mol. The molecule has 0 N–H and O–H groups in total. The summed E-state index contributed by atoms with van der Waals surface area (Å²) >= 11 is 6.15. The lowest BCUT2D eigenvalue weighted by molar-refractivity contribution is -0.111. The van der Waals surface area contributed by atoms with Crippen molar-refractivity contribution in [1.82, 2.24) is 4.90 Å². The molecule has 0 saturated heterocycles. The Morgan fingerprint density at radius 3 is 2.45 bits per heavy atom. The zero-order chi connectivity index (χ0) is 23.0. The number of Topliss-reactive ketones (excluding diaryl/α,β-unsaturated/α-hetero) is 1. The van der Waals surface area contributed by atoms with Crippen LogP contribution in [0.25, 0.3) is 5.57 Å². The Morgan fingerprint density at radius 2 is 1.87 bits per heavy atom. The van der Waals surface area contributed by atoms with Gasteiger partial charge in [0.05, 0.1) is 13.2 Å². The van der Waals surface area contributed by atoms with Crippen LogP contribution in [0.4, 0.5) is 0 Å². The number of rotatable bonds is 10. The van der Waals surface area contributed by atoms with E-state index in [0.29, 0.717) is 40.2 Å². The summed E-state index contributed by atoms with van der Waals surface area (Å²) in [5.74, 6) is 0.161. The van der Waals surface area contributed by atoms with Crippen LogP contribution in [-0.2, 0) is 20.7 Å². The van der Waals surface area contributed by atoms with Crippen LogP contribution in [0, 0.1) is 6.92 Å². The fourth-order valence-corrected chi connectivity index (χ4v) is 3.46. The first kappa shape index (κ1) is 24.1. The maximum atomic E-state index is 12.1. The van der Waals surface area contributed by atoms with Crippen molar-refractivity contribution in [2.75, 3.05) is 14.2 Å². The van der Waals surface area contributed by atoms with Crippen molar-refractivity contribution >= 4 is 35.5 Å². The highest BCUT2D eigenvalue weighted by Gasteiger charge is 2.19. The molecule has 0 amide bonds. The number of methoxy groups -OCH3 is 1. The highest BCUT2D eigenvalue weighted by Crippen LogP contribution is 2.30. The van der Waals surface area contributed by atoms with Crippen LogP contribution in [0.5, 0.6) is 0 Å². The van der Waals surface area contributed by atoms with Crippen molar-refractivity contribution in [2.24, 2.45) is 0 Å². The number of halogens is 1. The van der Waals surface area contributed by atoms with E-state index in [2.05, 4.69) is 0 Å². The number of hydrogen-bond acceptors (Lipinski definition) is 5. The van der Waals surface area contributed by atoms with Gasteiger partial charge in [0.2, 0.25) is 0 Å². The van der Waals surface area contributed by atoms with Crippen LogP contribution < -0.4 is 0 Å². The summed E-state index contributed by atoms with van der Waals surface area (Å²) in [6.45, 7) is 3.44. The minimum atomic E-state index is -0.449. The molecule has 1 unspecified atom stereocenters. The Hall–Kier alpha value is -3.18. The summed E-state index contributed by atoms with van der Waals surface area (Å²) < 4.78 is 5.56. The zero-order valence-electron chi connectivity index (χ0n) is 18.1. The number of nitrogens with zero attached hydrogens (tertiary/aromatic N) is 1. The largest absolute Gasteiger partial charge is 0.495 e. The summed E-state index contributed by atoms with van der Waals surface area (Å²) in [5.41, 5.74) is 3.46. The Kier molecular flexibility index (Phi) is 8.76. The molecule has 0 aliphatic heterocycles. The molecule has 0 bridgehead atoms. The molecule has 2 rings (SSSR count). The fraction of sp³-hybridized carbons (Fsp3) is 0.240. The van der Waals surface area contributed by atoms with Gasteiger partial charge in [-0.15, -0.1) is 0 Å². The second-order valence-electron chi connectivity index (χ2n) is 7.16. The number of benzene rings is 2. The number of allylic oxidation sites excluding steroid dienone is 2. The van der Waals surface area contributed by atoms with Crippen LogP contribution in [0.2, 0.25) is 5.02 Å². The van der Waals surface area contributed by atoms with Crippen molar-refractivity contribution in [3.05, 3.63) is 87.8 Å². The van der Waals surface area contributed by atoms with E-state index in [1.54, 1.807) is 36.3 Å². The summed E-state index contributed by atoms with van der Waals surface area (Å²) in [6.07, 6.45) is 4.98. The molecule has 0 aromatic heterocycles. The first-order valence-electron chi connectivity index (χ1n) is 9.76. The van der Waals surface area contributed by atoms with Crippen LogP contribution in [0.15, 0.2) is 60.5 Å². The molecule has 31 heavy (non-hydrogen) atoms. The van der Waals surface area contributed by atoms with Gasteiger partial charge in [-0.3, -0.25) is 9.59 Å². The molecule has 2 aromatic carbocycles. The first-order chi connectivity index (χ1) is 14.8. The van der Waals surface area contributed by atoms with Gasteiger partial charge in [0.1, 0.15) is 18.3 Å². The minimum absolute atomic E-state index is 0.169. The smallest absolute Gasteiger partial charge is 0.160 e. The maximum Gasteiger partial charge on any atom is 0.160 e. The Balaban J connectivity index is 2.47. The average Bonchev–Trinajstić information content (AvgIpc) is 2.75. The Bertz CT molecular complexity index is 1030. The fourth-order valence-electron chi connectivity index (χ4n) is 3.28. The van der Waals surface area contributed by atoms with E-state index in [1.165, 1.54) is 20.1 Å². The molecule has 0 spiro atoms. The first-order valence-corrected chi connectivity index (χ1v) is 10.1. The molecule has 5 nitrogen and oxygen atoms in total. The van der Waals surface area contributed by atoms with E-state index in [9.17, 15) is 14.4 Å². The van der Waals surface area contributed by atoms with E-state index >= 15 is 0 Å². The van der Waals surface area contributed by atoms with Gasteiger partial charge in [-0.05, 0) is 61.2 Å². The normalized spacial score (nSPS) is 12.8. The van der Waals surface area contributed by atoms with Gasteiger partial charge in [0.25, 0.3) is 0 Å². The number of ketones is 1. The Morgan fingerprint density at radius 1 is 1.16 bits per heavy atom. The summed E-state index contributed by atoms with van der Waals surface area (Å²) in [6, 6.07) is 12.3. The minimum Gasteiger partial charge on any atom is -0.495 e. The highest BCUT2D eigenvalue weighted by atomic mass is 35.5. The molecule has 0 fully saturated rings. The number of hydrogen-bond donors (Lipinski definition) is 0. The second kappa shape index (κ2) is 11.3. The Labute approximate surface area is 188 Å². The highest BCUT2D eigenvalue weighted by molar-refractivity contribution is 6.31. The van der Waals surface area contributed by atoms with Crippen molar-refractivity contribution < 1.29 is 19.1 Å². The van der Waals surface area contributed by atoms with Crippen molar-refractivity contribution in [3.8, 4) is 0 Å². The van der Waals surface area contributed by atoms with Gasteiger partial charge in [0.15, 0.2) is 5.78 Å². The van der Waals surface area contributed by atoms with E-state index in [-0.39, 0.29) is 5.78 Å². The van der Waals surface area contributed by atoms with Crippen LogP contribution >= 0.6 is 11.6 Å².